The first-order valence-electron chi connectivity index (χ1n) is 10.3. The lowest BCUT2D eigenvalue weighted by atomic mass is 9.91. The lowest BCUT2D eigenvalue weighted by Crippen LogP contribution is -2.13. The molecule has 0 radical (unpaired) electrons. The van der Waals surface area contributed by atoms with Crippen molar-refractivity contribution in [2.75, 3.05) is 0 Å². The molecule has 32 heavy (non-hydrogen) atoms. The van der Waals surface area contributed by atoms with E-state index in [9.17, 15) is 4.79 Å². The Balaban J connectivity index is 1.54. The van der Waals surface area contributed by atoms with Crippen LogP contribution in [0.15, 0.2) is 71.3 Å². The summed E-state index contributed by atoms with van der Waals surface area (Å²) in [5, 5.41) is 9.15. The average molecular weight is 511 g/mol. The molecule has 0 aliphatic heterocycles. The summed E-state index contributed by atoms with van der Waals surface area (Å²) in [6.07, 6.45) is 4.24. The summed E-state index contributed by atoms with van der Waals surface area (Å²) in [5.41, 5.74) is 8.74. The third-order valence-electron chi connectivity index (χ3n) is 5.08. The van der Waals surface area contributed by atoms with E-state index in [0.717, 1.165) is 44.9 Å². The van der Waals surface area contributed by atoms with Crippen molar-refractivity contribution in [1.82, 2.24) is 15.2 Å². The van der Waals surface area contributed by atoms with Crippen LogP contribution in [0.2, 0.25) is 0 Å². The molecule has 0 bridgehead atoms. The number of ether oxygens (including phenoxy) is 1. The number of H-pyrrole nitrogens is 1. The van der Waals surface area contributed by atoms with E-state index in [2.05, 4.69) is 55.4 Å². The normalized spacial score (nSPS) is 11.9. The first-order chi connectivity index (χ1) is 15.6. The maximum absolute atomic E-state index is 11.4. The predicted octanol–water partition coefficient (Wildman–Crippen LogP) is 4.95. The predicted molar refractivity (Wildman–Crippen MR) is 129 cm³/mol. The number of hydrogen-bond acceptors (Lipinski definition) is 5. The number of carbonyl (C=O) groups is 1. The van der Waals surface area contributed by atoms with Gasteiger partial charge < -0.3 is 15.5 Å². The van der Waals surface area contributed by atoms with Crippen molar-refractivity contribution in [3.63, 3.8) is 0 Å². The second-order valence-electron chi connectivity index (χ2n) is 7.57. The Labute approximate surface area is 199 Å². The van der Waals surface area contributed by atoms with Gasteiger partial charge in [0.2, 0.25) is 5.01 Å². The molecule has 164 valence electrons. The molecule has 6 nitrogen and oxygen atoms in total. The van der Waals surface area contributed by atoms with Crippen molar-refractivity contribution < 1.29 is 9.53 Å². The third-order valence-corrected chi connectivity index (χ3v) is 6.53. The molecule has 1 amide bonds. The molecule has 0 aliphatic carbocycles. The van der Waals surface area contributed by atoms with E-state index in [1.54, 1.807) is 0 Å². The summed E-state index contributed by atoms with van der Waals surface area (Å²) in [6.45, 7) is 0.509. The van der Waals surface area contributed by atoms with Crippen molar-refractivity contribution >= 4 is 33.2 Å². The molecule has 1 atom stereocenters. The maximum atomic E-state index is 11.4. The number of aromatic amines is 1. The smallest absolute Gasteiger partial charge is 0.279 e. The molecule has 0 aliphatic rings. The van der Waals surface area contributed by atoms with Gasteiger partial charge in [0.05, 0.1) is 0 Å². The number of nitrogens with one attached hydrogen (secondary N) is 1. The SMILES string of the molecule is NC(=O)c1nnc(CC(Cc2ccc[nH]2)Cc2cc(Br)ccc2OCc2ccccc2)s1. The van der Waals surface area contributed by atoms with Gasteiger partial charge in [-0.2, -0.15) is 0 Å². The summed E-state index contributed by atoms with van der Waals surface area (Å²) in [5.74, 6) is 0.553. The van der Waals surface area contributed by atoms with Crippen LogP contribution >= 0.6 is 27.3 Å². The lowest BCUT2D eigenvalue weighted by molar-refractivity contribution is 0.0999. The molecule has 0 saturated carbocycles. The van der Waals surface area contributed by atoms with Gasteiger partial charge >= 0.3 is 0 Å². The van der Waals surface area contributed by atoms with E-state index >= 15 is 0 Å². The molecule has 1 unspecified atom stereocenters. The van der Waals surface area contributed by atoms with Gasteiger partial charge in [0.25, 0.3) is 5.91 Å². The molecular formula is C24H23BrN4O2S. The van der Waals surface area contributed by atoms with Crippen LogP contribution in [0.1, 0.15) is 31.6 Å². The van der Waals surface area contributed by atoms with Crippen molar-refractivity contribution in [1.29, 1.82) is 0 Å². The highest BCUT2D eigenvalue weighted by Crippen LogP contribution is 2.29. The second kappa shape index (κ2) is 10.6. The molecule has 4 aromatic rings. The van der Waals surface area contributed by atoms with Crippen molar-refractivity contribution in [2.24, 2.45) is 11.7 Å². The quantitative estimate of drug-likeness (QED) is 0.315. The number of nitrogens with two attached hydrogens (primary N) is 1. The lowest BCUT2D eigenvalue weighted by Gasteiger charge is -2.18. The standard InChI is InChI=1S/C24H23BrN4O2S/c25-19-8-9-21(31-15-16-5-2-1-3-6-16)18(14-19)11-17(12-20-7-4-10-27-20)13-22-28-29-24(32-22)23(26)30/h1-10,14,17,27H,11-13,15H2,(H2,26,30). The molecular weight excluding hydrogens is 488 g/mol. The van der Waals surface area contributed by atoms with Gasteiger partial charge in [0.15, 0.2) is 0 Å². The minimum atomic E-state index is -0.543. The van der Waals surface area contributed by atoms with Crippen molar-refractivity contribution in [3.8, 4) is 5.75 Å². The highest BCUT2D eigenvalue weighted by atomic mass is 79.9. The Bertz CT molecular complexity index is 1160. The maximum Gasteiger partial charge on any atom is 0.279 e. The Morgan fingerprint density at radius 3 is 2.62 bits per heavy atom. The van der Waals surface area contributed by atoms with E-state index in [1.165, 1.54) is 11.3 Å². The van der Waals surface area contributed by atoms with Crippen molar-refractivity contribution in [2.45, 2.75) is 25.9 Å². The number of halogens is 1. The fourth-order valence-corrected chi connectivity index (χ4v) is 4.81. The molecule has 8 heteroatoms. The number of amides is 1. The monoisotopic (exact) mass is 510 g/mol. The van der Waals surface area contributed by atoms with Gasteiger partial charge in [0, 0.05) is 22.8 Å². The molecule has 0 saturated heterocycles. The van der Waals surface area contributed by atoms with E-state index in [0.29, 0.717) is 13.0 Å². The largest absolute Gasteiger partial charge is 0.489 e. The highest BCUT2D eigenvalue weighted by molar-refractivity contribution is 9.10. The van der Waals surface area contributed by atoms with E-state index in [-0.39, 0.29) is 10.9 Å². The Morgan fingerprint density at radius 2 is 1.91 bits per heavy atom. The first-order valence-corrected chi connectivity index (χ1v) is 11.9. The summed E-state index contributed by atoms with van der Waals surface area (Å²) >= 11 is 4.86. The van der Waals surface area contributed by atoms with E-state index in [1.807, 2.05) is 42.6 Å². The molecule has 2 aromatic carbocycles. The number of hydrogen-bond donors (Lipinski definition) is 2. The zero-order chi connectivity index (χ0) is 22.3. The minimum absolute atomic E-state index is 0.232. The Kier molecular flexibility index (Phi) is 7.34. The summed E-state index contributed by atoms with van der Waals surface area (Å²) in [4.78, 5) is 14.7. The Morgan fingerprint density at radius 1 is 1.06 bits per heavy atom. The van der Waals surface area contributed by atoms with Crippen LogP contribution in [0.25, 0.3) is 0 Å². The molecule has 0 spiro atoms. The van der Waals surface area contributed by atoms with Gasteiger partial charge in [0.1, 0.15) is 17.4 Å². The molecule has 2 heterocycles. The van der Waals surface area contributed by atoms with Crippen LogP contribution in [0.3, 0.4) is 0 Å². The topological polar surface area (TPSA) is 93.9 Å². The molecule has 4 rings (SSSR count). The van der Waals surface area contributed by atoms with Gasteiger partial charge in [-0.25, -0.2) is 0 Å². The fraction of sp³-hybridized carbons (Fsp3) is 0.208. The van der Waals surface area contributed by atoms with E-state index in [4.69, 9.17) is 10.5 Å². The Hall–Kier alpha value is -2.97. The van der Waals surface area contributed by atoms with Crippen LogP contribution in [0.5, 0.6) is 5.75 Å². The second-order valence-corrected chi connectivity index (χ2v) is 9.54. The number of carbonyl (C=O) groups excluding carboxylic acids is 1. The van der Waals surface area contributed by atoms with Crippen LogP contribution in [0.4, 0.5) is 0 Å². The summed E-state index contributed by atoms with van der Waals surface area (Å²) in [6, 6.07) is 20.3. The van der Waals surface area contributed by atoms with Crippen LogP contribution in [0, 0.1) is 5.92 Å². The number of rotatable bonds is 10. The fourth-order valence-electron chi connectivity index (χ4n) is 3.60. The van der Waals surface area contributed by atoms with Crippen LogP contribution < -0.4 is 10.5 Å². The summed E-state index contributed by atoms with van der Waals surface area (Å²) in [7, 11) is 0. The minimum Gasteiger partial charge on any atom is -0.489 e. The number of primary amides is 1. The highest BCUT2D eigenvalue weighted by Gasteiger charge is 2.19. The molecule has 3 N–H and O–H groups in total. The molecule has 2 aromatic heterocycles. The van der Waals surface area contributed by atoms with Gasteiger partial charge in [-0.1, -0.05) is 57.6 Å². The van der Waals surface area contributed by atoms with Gasteiger partial charge in [-0.15, -0.1) is 10.2 Å². The van der Waals surface area contributed by atoms with Gasteiger partial charge in [-0.05, 0) is 60.2 Å². The first kappa shape index (κ1) is 22.2. The van der Waals surface area contributed by atoms with Gasteiger partial charge in [-0.3, -0.25) is 4.79 Å². The zero-order valence-electron chi connectivity index (χ0n) is 17.3. The van der Waals surface area contributed by atoms with Crippen LogP contribution in [-0.4, -0.2) is 21.1 Å². The average Bonchev–Trinajstić information content (AvgIpc) is 3.46. The van der Waals surface area contributed by atoms with Crippen LogP contribution in [-0.2, 0) is 25.9 Å². The number of aromatic nitrogens is 3. The zero-order valence-corrected chi connectivity index (χ0v) is 19.7. The molecule has 0 fully saturated rings. The summed E-state index contributed by atoms with van der Waals surface area (Å²) < 4.78 is 7.19. The number of nitrogens with zero attached hydrogens (tertiary/aromatic N) is 2. The van der Waals surface area contributed by atoms with E-state index < -0.39 is 5.91 Å². The number of benzene rings is 2. The van der Waals surface area contributed by atoms with Crippen molar-refractivity contribution in [3.05, 3.63) is 98.2 Å². The third kappa shape index (κ3) is 6.05.